The predicted molar refractivity (Wildman–Crippen MR) is 25.9 cm³/mol. The highest BCUT2D eigenvalue weighted by molar-refractivity contribution is 7.51. The first-order chi connectivity index (χ1) is 2.77. The molecule has 0 heterocycles. The summed E-state index contributed by atoms with van der Waals surface area (Å²) in [7, 11) is -0.469. The summed E-state index contributed by atoms with van der Waals surface area (Å²) in [5.41, 5.74) is 0. The average molecular weight is 106 g/mol. The van der Waals surface area contributed by atoms with Crippen LogP contribution in [0.1, 0.15) is 0 Å². The molecule has 0 saturated carbocycles. The molecule has 2 nitrogen and oxygen atoms in total. The quantitative estimate of drug-likeness (QED) is 0.384. The topological polar surface area (TPSA) is 26.3 Å². The fourth-order valence-electron chi connectivity index (χ4n) is 0.0861. The third-order valence-electron chi connectivity index (χ3n) is 0.254. The third-order valence-corrected chi connectivity index (χ3v) is 0.762. The molecule has 0 saturated heterocycles. The summed E-state index contributed by atoms with van der Waals surface area (Å²) in [5.74, 6) is 0. The van der Waals surface area contributed by atoms with Crippen molar-refractivity contribution in [3.63, 3.8) is 0 Å². The Balaban J connectivity index is 2.81. The highest BCUT2D eigenvalue weighted by Crippen LogP contribution is 2.23. The first-order valence-electron chi connectivity index (χ1n) is 1.55. The van der Waals surface area contributed by atoms with Gasteiger partial charge >= 0.3 is 0 Å². The molecule has 0 bridgehead atoms. The van der Waals surface area contributed by atoms with Crippen molar-refractivity contribution < 1.29 is 9.32 Å². The zero-order chi connectivity index (χ0) is 4.99. The maximum atomic E-state index is 9.41. The van der Waals surface area contributed by atoms with Gasteiger partial charge in [0.2, 0.25) is 0 Å². The molecule has 0 fully saturated rings. The molecule has 0 amide bonds. The van der Waals surface area contributed by atoms with E-state index >= 15 is 0 Å². The highest BCUT2D eigenvalue weighted by Gasteiger charge is 1.83. The van der Waals surface area contributed by atoms with E-state index in [9.17, 15) is 4.79 Å². The van der Waals surface area contributed by atoms with Crippen LogP contribution in [-0.2, 0) is 9.32 Å². The molecule has 0 radical (unpaired) electrons. The summed E-state index contributed by atoms with van der Waals surface area (Å²) in [6.07, 6.45) is 0. The molecule has 0 N–H and O–H groups in total. The van der Waals surface area contributed by atoms with E-state index in [0.717, 1.165) is 0 Å². The number of rotatable bonds is 2. The molecule has 0 aromatic rings. The Morgan fingerprint density at radius 2 is 2.17 bits per heavy atom. The number of carbonyl (C=O) groups is 1. The van der Waals surface area contributed by atoms with Gasteiger partial charge < -0.3 is 4.52 Å². The molecule has 3 heteroatoms. The van der Waals surface area contributed by atoms with Gasteiger partial charge in [-0.3, -0.25) is 4.79 Å². The van der Waals surface area contributed by atoms with Crippen LogP contribution in [0.25, 0.3) is 0 Å². The van der Waals surface area contributed by atoms with E-state index in [-0.39, 0.29) is 0 Å². The molecule has 0 rings (SSSR count). The van der Waals surface area contributed by atoms with Crippen LogP contribution in [0, 0.1) is 0 Å². The molecule has 0 unspecified atom stereocenters. The zero-order valence-electron chi connectivity index (χ0n) is 3.84. The van der Waals surface area contributed by atoms with E-state index < -0.39 is 8.15 Å². The lowest BCUT2D eigenvalue weighted by molar-refractivity contribution is -0.120. The van der Waals surface area contributed by atoms with Crippen molar-refractivity contribution in [1.29, 1.82) is 0 Å². The van der Waals surface area contributed by atoms with Gasteiger partial charge in [0.1, 0.15) is 0 Å². The van der Waals surface area contributed by atoms with Crippen LogP contribution in [-0.4, -0.2) is 19.8 Å². The molecule has 0 aliphatic heterocycles. The standard InChI is InChI=1S/C3H7O2P/c1-6(2)5-3-4/h3H,1-2H3. The van der Waals surface area contributed by atoms with Gasteiger partial charge in [0.15, 0.2) is 0 Å². The molecule has 0 aliphatic rings. The maximum Gasteiger partial charge on any atom is 0.295 e. The second kappa shape index (κ2) is 3.10. The largest absolute Gasteiger partial charge is 0.448 e. The van der Waals surface area contributed by atoms with Crippen LogP contribution in [0.15, 0.2) is 0 Å². The van der Waals surface area contributed by atoms with Crippen molar-refractivity contribution in [3.05, 3.63) is 0 Å². The second-order valence-corrected chi connectivity index (χ2v) is 2.85. The molecular formula is C3H7O2P. The van der Waals surface area contributed by atoms with E-state index in [0.29, 0.717) is 6.47 Å². The van der Waals surface area contributed by atoms with Gasteiger partial charge in [0.25, 0.3) is 6.47 Å². The molecule has 0 aliphatic carbocycles. The van der Waals surface area contributed by atoms with Crippen molar-refractivity contribution in [3.8, 4) is 0 Å². The lowest BCUT2D eigenvalue weighted by atomic mass is 11.7. The number of hydrogen-bond acceptors (Lipinski definition) is 2. The first kappa shape index (κ1) is 5.90. The lowest BCUT2D eigenvalue weighted by Crippen LogP contribution is -1.73. The van der Waals surface area contributed by atoms with Crippen LogP contribution in [0.3, 0.4) is 0 Å². The molecule has 0 spiro atoms. The molecule has 36 valence electrons. The summed E-state index contributed by atoms with van der Waals surface area (Å²) in [6.45, 7) is 4.21. The fourth-order valence-corrected chi connectivity index (χ4v) is 0.258. The monoisotopic (exact) mass is 106 g/mol. The van der Waals surface area contributed by atoms with E-state index in [1.54, 1.807) is 0 Å². The number of hydrogen-bond donors (Lipinski definition) is 0. The van der Waals surface area contributed by atoms with Crippen molar-refractivity contribution >= 4 is 14.6 Å². The molecule has 0 aromatic carbocycles. The van der Waals surface area contributed by atoms with E-state index in [1.165, 1.54) is 0 Å². The molecular weight excluding hydrogens is 99.0 g/mol. The van der Waals surface area contributed by atoms with Gasteiger partial charge in [-0.15, -0.1) is 0 Å². The smallest absolute Gasteiger partial charge is 0.295 e. The van der Waals surface area contributed by atoms with Gasteiger partial charge in [-0.1, -0.05) is 0 Å². The summed E-state index contributed by atoms with van der Waals surface area (Å²) in [5, 5.41) is 0. The van der Waals surface area contributed by atoms with E-state index in [1.807, 2.05) is 13.3 Å². The van der Waals surface area contributed by atoms with Crippen molar-refractivity contribution in [2.45, 2.75) is 0 Å². The summed E-state index contributed by atoms with van der Waals surface area (Å²) in [6, 6.07) is 0. The third kappa shape index (κ3) is 3.90. The summed E-state index contributed by atoms with van der Waals surface area (Å²) < 4.78 is 4.43. The zero-order valence-corrected chi connectivity index (χ0v) is 4.74. The maximum absolute atomic E-state index is 9.41. The van der Waals surface area contributed by atoms with Gasteiger partial charge in [-0.05, 0) is 13.3 Å². The van der Waals surface area contributed by atoms with Crippen LogP contribution in [0.5, 0.6) is 0 Å². The Hall–Kier alpha value is -0.100. The lowest BCUT2D eigenvalue weighted by Gasteiger charge is -1.95. The van der Waals surface area contributed by atoms with Crippen molar-refractivity contribution in [2.24, 2.45) is 0 Å². The van der Waals surface area contributed by atoms with Crippen molar-refractivity contribution in [1.82, 2.24) is 0 Å². The Labute approximate surface area is 38.3 Å². The number of carbonyl (C=O) groups excluding carboxylic acids is 1. The Morgan fingerprint density at radius 1 is 1.67 bits per heavy atom. The molecule has 6 heavy (non-hydrogen) atoms. The highest BCUT2D eigenvalue weighted by atomic mass is 31.1. The predicted octanol–water partition coefficient (Wildman–Crippen LogP) is 0.816. The second-order valence-electron chi connectivity index (χ2n) is 1.01. The van der Waals surface area contributed by atoms with E-state index in [4.69, 9.17) is 0 Å². The van der Waals surface area contributed by atoms with Crippen molar-refractivity contribution in [2.75, 3.05) is 13.3 Å². The van der Waals surface area contributed by atoms with Gasteiger partial charge in [0, 0.05) is 0 Å². The molecule has 0 aromatic heterocycles. The van der Waals surface area contributed by atoms with Gasteiger partial charge in [-0.25, -0.2) is 0 Å². The SMILES string of the molecule is CP(C)OC=O. The van der Waals surface area contributed by atoms with Crippen LogP contribution >= 0.6 is 8.15 Å². The van der Waals surface area contributed by atoms with Crippen LogP contribution < -0.4 is 0 Å². The summed E-state index contributed by atoms with van der Waals surface area (Å²) >= 11 is 0. The Kier molecular flexibility index (Phi) is 3.05. The Morgan fingerprint density at radius 3 is 2.17 bits per heavy atom. The van der Waals surface area contributed by atoms with Gasteiger partial charge in [0.05, 0.1) is 8.15 Å². The van der Waals surface area contributed by atoms with Crippen LogP contribution in [0.2, 0.25) is 0 Å². The fraction of sp³-hybridized carbons (Fsp3) is 0.667. The minimum atomic E-state index is -0.469. The van der Waals surface area contributed by atoms with Crippen LogP contribution in [0.4, 0.5) is 0 Å². The average Bonchev–Trinajstić information content (AvgIpc) is 1.35. The minimum absolute atomic E-state index is 0.469. The summed E-state index contributed by atoms with van der Waals surface area (Å²) in [4.78, 5) is 9.41. The van der Waals surface area contributed by atoms with E-state index in [2.05, 4.69) is 4.52 Å². The normalized spacial score (nSPS) is 8.50. The van der Waals surface area contributed by atoms with Gasteiger partial charge in [-0.2, -0.15) is 0 Å². The Bertz CT molecular complexity index is 44.1. The molecule has 0 atom stereocenters. The minimum Gasteiger partial charge on any atom is -0.448 e. The first-order valence-corrected chi connectivity index (χ1v) is 3.70.